The topological polar surface area (TPSA) is 122 Å². The van der Waals surface area contributed by atoms with E-state index in [4.69, 9.17) is 15.6 Å². The number of aliphatic carboxylic acids is 1. The van der Waals surface area contributed by atoms with Crippen molar-refractivity contribution >= 4 is 18.0 Å². The van der Waals surface area contributed by atoms with Crippen LogP contribution in [0.2, 0.25) is 0 Å². The fraction of sp³-hybridized carbons (Fsp3) is 0.750. The number of nitrogens with two attached hydrogens (primary N) is 1. The summed E-state index contributed by atoms with van der Waals surface area (Å²) in [6.45, 7) is 5.11. The van der Waals surface area contributed by atoms with Crippen molar-refractivity contribution in [2.24, 2.45) is 5.73 Å². The number of rotatable bonds is 7. The van der Waals surface area contributed by atoms with Crippen LogP contribution in [-0.4, -0.2) is 59.8 Å². The molecule has 20 heavy (non-hydrogen) atoms. The lowest BCUT2D eigenvalue weighted by Crippen LogP contribution is -2.42. The van der Waals surface area contributed by atoms with Gasteiger partial charge in [-0.05, 0) is 20.8 Å². The van der Waals surface area contributed by atoms with Crippen molar-refractivity contribution in [3.05, 3.63) is 0 Å². The zero-order valence-electron chi connectivity index (χ0n) is 12.1. The molecule has 8 heteroatoms. The number of hydrogen-bond acceptors (Lipinski definition) is 5. The molecule has 0 aliphatic rings. The summed E-state index contributed by atoms with van der Waals surface area (Å²) in [5.41, 5.74) is 4.65. The molecule has 0 aromatic carbocycles. The average Bonchev–Trinajstić information content (AvgIpc) is 2.24. The summed E-state index contributed by atoms with van der Waals surface area (Å²) < 4.78 is 5.02. The molecule has 0 aromatic rings. The normalized spacial score (nSPS) is 10.8. The summed E-state index contributed by atoms with van der Waals surface area (Å²) in [7, 11) is 0. The maximum atomic E-state index is 11.6. The molecule has 0 rings (SSSR count). The lowest BCUT2D eigenvalue weighted by molar-refractivity contribution is -0.144. The summed E-state index contributed by atoms with van der Waals surface area (Å²) in [5, 5.41) is 11.2. The van der Waals surface area contributed by atoms with Gasteiger partial charge in [0.05, 0.1) is 0 Å². The van der Waals surface area contributed by atoms with Crippen LogP contribution in [0, 0.1) is 0 Å². The van der Waals surface area contributed by atoms with E-state index in [0.29, 0.717) is 0 Å². The van der Waals surface area contributed by atoms with Gasteiger partial charge >= 0.3 is 12.1 Å². The van der Waals surface area contributed by atoms with Crippen LogP contribution < -0.4 is 11.1 Å². The molecule has 0 fully saturated rings. The number of alkyl carbamates (subject to hydrolysis) is 1. The molecule has 8 nitrogen and oxygen atoms in total. The van der Waals surface area contributed by atoms with Crippen LogP contribution in [-0.2, 0) is 14.3 Å². The number of ether oxygens (including phenoxy) is 1. The van der Waals surface area contributed by atoms with E-state index in [9.17, 15) is 14.4 Å². The number of carbonyl (C=O) groups excluding carboxylic acids is 2. The van der Waals surface area contributed by atoms with Crippen molar-refractivity contribution in [2.75, 3.05) is 26.2 Å². The van der Waals surface area contributed by atoms with E-state index in [1.807, 2.05) is 0 Å². The average molecular weight is 289 g/mol. The van der Waals surface area contributed by atoms with Crippen molar-refractivity contribution in [3.8, 4) is 0 Å². The van der Waals surface area contributed by atoms with Gasteiger partial charge in [-0.25, -0.2) is 4.79 Å². The van der Waals surface area contributed by atoms with E-state index < -0.39 is 24.2 Å². The number of carboxylic acids is 1. The van der Waals surface area contributed by atoms with Gasteiger partial charge in [-0.15, -0.1) is 0 Å². The van der Waals surface area contributed by atoms with Gasteiger partial charge < -0.3 is 25.8 Å². The molecule has 0 radical (unpaired) electrons. The van der Waals surface area contributed by atoms with E-state index in [1.54, 1.807) is 20.8 Å². The minimum Gasteiger partial charge on any atom is -0.480 e. The second kappa shape index (κ2) is 8.36. The number of carbonyl (C=O) groups is 3. The molecule has 4 N–H and O–H groups in total. The highest BCUT2D eigenvalue weighted by Crippen LogP contribution is 2.06. The molecule has 0 aliphatic heterocycles. The van der Waals surface area contributed by atoms with Crippen LogP contribution in [0.5, 0.6) is 0 Å². The van der Waals surface area contributed by atoms with Gasteiger partial charge in [0.1, 0.15) is 12.1 Å². The number of amides is 2. The Hall–Kier alpha value is -1.83. The van der Waals surface area contributed by atoms with Crippen LogP contribution >= 0.6 is 0 Å². The van der Waals surface area contributed by atoms with Crippen LogP contribution in [0.25, 0.3) is 0 Å². The quantitative estimate of drug-likeness (QED) is 0.595. The van der Waals surface area contributed by atoms with E-state index in [1.165, 1.54) is 0 Å². The summed E-state index contributed by atoms with van der Waals surface area (Å²) >= 11 is 0. The molecule has 0 atom stereocenters. The summed E-state index contributed by atoms with van der Waals surface area (Å²) in [6, 6.07) is 0. The number of nitrogens with zero attached hydrogens (tertiary/aromatic N) is 1. The van der Waals surface area contributed by atoms with Gasteiger partial charge in [0.2, 0.25) is 5.91 Å². The zero-order valence-corrected chi connectivity index (χ0v) is 12.1. The van der Waals surface area contributed by atoms with Gasteiger partial charge in [0, 0.05) is 26.1 Å². The molecule has 0 unspecified atom stereocenters. The standard InChI is InChI=1S/C12H23N3O5/c1-12(2,3)20-11(19)14-6-7-15(8-10(17)18)9(16)4-5-13/h4-8,13H2,1-3H3,(H,14,19)(H,17,18). The molecule has 0 aromatic heterocycles. The van der Waals surface area contributed by atoms with Crippen LogP contribution in [0.3, 0.4) is 0 Å². The Morgan fingerprint density at radius 2 is 1.90 bits per heavy atom. The van der Waals surface area contributed by atoms with Gasteiger partial charge in [-0.2, -0.15) is 0 Å². The van der Waals surface area contributed by atoms with E-state index in [2.05, 4.69) is 5.32 Å². The summed E-state index contributed by atoms with van der Waals surface area (Å²) in [4.78, 5) is 34.8. The zero-order chi connectivity index (χ0) is 15.8. The largest absolute Gasteiger partial charge is 0.480 e. The predicted octanol–water partition coefficient (Wildman–Crippen LogP) is -0.227. The maximum absolute atomic E-state index is 11.6. The van der Waals surface area contributed by atoms with Gasteiger partial charge in [0.25, 0.3) is 0 Å². The monoisotopic (exact) mass is 289 g/mol. The van der Waals surface area contributed by atoms with Crippen molar-refractivity contribution in [3.63, 3.8) is 0 Å². The molecule has 0 saturated carbocycles. The second-order valence-corrected chi connectivity index (χ2v) is 5.18. The lowest BCUT2D eigenvalue weighted by Gasteiger charge is -2.22. The molecule has 0 heterocycles. The van der Waals surface area contributed by atoms with E-state index >= 15 is 0 Å². The smallest absolute Gasteiger partial charge is 0.407 e. The minimum absolute atomic E-state index is 0.0692. The molecular formula is C12H23N3O5. The Morgan fingerprint density at radius 3 is 2.35 bits per heavy atom. The highest BCUT2D eigenvalue weighted by Gasteiger charge is 2.18. The van der Waals surface area contributed by atoms with Crippen LogP contribution in [0.15, 0.2) is 0 Å². The van der Waals surface area contributed by atoms with Crippen molar-refractivity contribution in [1.29, 1.82) is 0 Å². The second-order valence-electron chi connectivity index (χ2n) is 5.18. The summed E-state index contributed by atoms with van der Waals surface area (Å²) in [6.07, 6.45) is -0.543. The van der Waals surface area contributed by atoms with Gasteiger partial charge in [-0.3, -0.25) is 9.59 Å². The molecule has 0 bridgehead atoms. The first kappa shape index (κ1) is 18.2. The van der Waals surface area contributed by atoms with E-state index in [-0.39, 0.29) is 32.0 Å². The van der Waals surface area contributed by atoms with Crippen molar-refractivity contribution in [1.82, 2.24) is 10.2 Å². The number of carboxylic acid groups (broad SMARTS) is 1. The van der Waals surface area contributed by atoms with Crippen molar-refractivity contribution < 1.29 is 24.2 Å². The Balaban J connectivity index is 4.23. The molecule has 116 valence electrons. The molecule has 0 aliphatic carbocycles. The fourth-order valence-corrected chi connectivity index (χ4v) is 1.34. The first-order valence-electron chi connectivity index (χ1n) is 6.32. The minimum atomic E-state index is -1.12. The molecule has 2 amide bonds. The molecule has 0 saturated heterocycles. The number of nitrogens with one attached hydrogen (secondary N) is 1. The highest BCUT2D eigenvalue weighted by molar-refractivity contribution is 5.81. The van der Waals surface area contributed by atoms with Crippen LogP contribution in [0.1, 0.15) is 27.2 Å². The third-order valence-corrected chi connectivity index (χ3v) is 2.09. The first-order chi connectivity index (χ1) is 9.15. The Labute approximate surface area is 118 Å². The van der Waals surface area contributed by atoms with Crippen molar-refractivity contribution in [2.45, 2.75) is 32.8 Å². The first-order valence-corrected chi connectivity index (χ1v) is 6.32. The third kappa shape index (κ3) is 9.15. The molecular weight excluding hydrogens is 266 g/mol. The third-order valence-electron chi connectivity index (χ3n) is 2.09. The van der Waals surface area contributed by atoms with Crippen LogP contribution in [0.4, 0.5) is 4.79 Å². The maximum Gasteiger partial charge on any atom is 0.407 e. The predicted molar refractivity (Wildman–Crippen MR) is 72.1 cm³/mol. The SMILES string of the molecule is CC(C)(C)OC(=O)NCCN(CC(=O)O)C(=O)CCN. The number of hydrogen-bond donors (Lipinski definition) is 3. The van der Waals surface area contributed by atoms with E-state index in [0.717, 1.165) is 4.90 Å². The lowest BCUT2D eigenvalue weighted by atomic mass is 10.2. The van der Waals surface area contributed by atoms with Gasteiger partial charge in [0.15, 0.2) is 0 Å². The Kier molecular flexibility index (Phi) is 7.60. The molecule has 0 spiro atoms. The fourth-order valence-electron chi connectivity index (χ4n) is 1.34. The Morgan fingerprint density at radius 1 is 1.30 bits per heavy atom. The van der Waals surface area contributed by atoms with Gasteiger partial charge in [-0.1, -0.05) is 0 Å². The Bertz CT molecular complexity index is 351. The highest BCUT2D eigenvalue weighted by atomic mass is 16.6. The summed E-state index contributed by atoms with van der Waals surface area (Å²) in [5.74, 6) is -1.48.